The van der Waals surface area contributed by atoms with E-state index in [-0.39, 0.29) is 0 Å². The van der Waals surface area contributed by atoms with Gasteiger partial charge >= 0.3 is 0 Å². The van der Waals surface area contributed by atoms with E-state index in [1.165, 1.54) is 0 Å². The Morgan fingerprint density at radius 1 is 0.243 bits per heavy atom. The first-order valence-electron chi connectivity index (χ1n) is 33.1. The second kappa shape index (κ2) is 28.9. The molecule has 0 aliphatic carbocycles. The van der Waals surface area contributed by atoms with Crippen LogP contribution >= 0.6 is 34.8 Å². The van der Waals surface area contributed by atoms with Crippen LogP contribution in [0.4, 0.5) is 0 Å². The molecule has 19 heteroatoms. The van der Waals surface area contributed by atoms with Gasteiger partial charge < -0.3 is 56.8 Å². The first-order chi connectivity index (χ1) is 50.2. The van der Waals surface area contributed by atoms with E-state index in [9.17, 15) is 0 Å². The highest BCUT2D eigenvalue weighted by molar-refractivity contribution is 6.32. The van der Waals surface area contributed by atoms with Crippen LogP contribution in [0.25, 0.3) is 0 Å². The van der Waals surface area contributed by atoms with Gasteiger partial charge in [0.05, 0.1) is 102 Å². The number of nitrogens with zero attached hydrogens (tertiary/aromatic N) is 1. The Morgan fingerprint density at radius 3 is 0.767 bits per heavy atom. The average Bonchev–Trinajstić information content (AvgIpc) is 1.46. The fourth-order valence-corrected chi connectivity index (χ4v) is 17.1. The zero-order valence-electron chi connectivity index (χ0n) is 59.1. The number of benzene rings is 11. The van der Waals surface area contributed by atoms with Gasteiger partial charge in [-0.15, -0.1) is 0 Å². The summed E-state index contributed by atoms with van der Waals surface area (Å²) in [6.45, 7) is 0. The molecule has 13 rings (SSSR count). The Balaban J connectivity index is 1.45. The zero-order valence-corrected chi connectivity index (χ0v) is 61.3. The lowest BCUT2D eigenvalue weighted by molar-refractivity contribution is -0.0862. The van der Waals surface area contributed by atoms with Gasteiger partial charge in [-0.05, 0) is 111 Å². The maximum Gasteiger partial charge on any atom is 0.203 e. The first-order valence-corrected chi connectivity index (χ1v) is 34.2. The summed E-state index contributed by atoms with van der Waals surface area (Å²) in [5.74, 6) is 1.75. The molecule has 2 saturated heterocycles. The molecule has 0 saturated carbocycles. The third-order valence-corrected chi connectivity index (χ3v) is 21.2. The summed E-state index contributed by atoms with van der Waals surface area (Å²) < 4.78 is 77.6. The largest absolute Gasteiger partial charge is 0.493 e. The Morgan fingerprint density at radius 2 is 0.485 bits per heavy atom. The first kappa shape index (κ1) is 71.1. The molecule has 0 bridgehead atoms. The van der Waals surface area contributed by atoms with Crippen molar-refractivity contribution in [1.29, 1.82) is 0 Å². The standard InChI is InChI=1S/C84H79Cl3N4O12/c1-92-67-45-57(46-68(93-2)75(67)100-9)79(53-31-17-13-18-32-53)80(54-33-19-14-20-34-54,58-47-69(94-3)76(101-10)70(48-58)95-4)90-84(89-79,63-41-27-30-44-66(63)87)91-82(56-37-23-16-24-38-56,60-51-73(98-7)78(103-12)74(52-60)99-8)81(55-35-21-15-22-36-55,59-49-71(96-5)77(102-11)72(50-59)97-6)88-83(91,61-39-25-28-42-64(61)85)62-40-26-29-43-65(62)86/h13-52,88-90H,1-12H3. The van der Waals surface area contributed by atoms with Crippen molar-refractivity contribution in [3.8, 4) is 69.0 Å². The Labute approximate surface area is 615 Å². The van der Waals surface area contributed by atoms with Crippen LogP contribution in [0.3, 0.4) is 0 Å². The van der Waals surface area contributed by atoms with Gasteiger partial charge in [-0.2, -0.15) is 0 Å². The summed E-state index contributed by atoms with van der Waals surface area (Å²) in [4.78, 5) is 2.43. The van der Waals surface area contributed by atoms with Crippen LogP contribution < -0.4 is 72.8 Å². The van der Waals surface area contributed by atoms with Gasteiger partial charge in [0.2, 0.25) is 23.0 Å². The van der Waals surface area contributed by atoms with Gasteiger partial charge in [0.25, 0.3) is 0 Å². The molecular weight excluding hydrogens is 1360 g/mol. The lowest BCUT2D eigenvalue weighted by Gasteiger charge is -2.58. The van der Waals surface area contributed by atoms with Gasteiger partial charge in [0.15, 0.2) is 51.8 Å². The van der Waals surface area contributed by atoms with Gasteiger partial charge in [-0.3, -0.25) is 16.0 Å². The minimum absolute atomic E-state index is 0.298. The molecule has 2 fully saturated rings. The van der Waals surface area contributed by atoms with Crippen LogP contribution in [-0.2, 0) is 33.6 Å². The average molecular weight is 1440 g/mol. The van der Waals surface area contributed by atoms with Gasteiger partial charge in [0, 0.05) is 31.8 Å². The molecule has 2 aliphatic heterocycles. The molecule has 4 unspecified atom stereocenters. The molecule has 0 radical (unpaired) electrons. The van der Waals surface area contributed by atoms with Crippen LogP contribution in [0.1, 0.15) is 61.2 Å². The lowest BCUT2D eigenvalue weighted by atomic mass is 9.61. The van der Waals surface area contributed by atoms with Crippen LogP contribution in [0, 0.1) is 0 Å². The smallest absolute Gasteiger partial charge is 0.203 e. The highest BCUT2D eigenvalue weighted by atomic mass is 35.5. The highest BCUT2D eigenvalue weighted by Gasteiger charge is 2.81. The van der Waals surface area contributed by atoms with Crippen LogP contribution in [0.5, 0.6) is 69.0 Å². The number of nitrogens with one attached hydrogen (secondary N) is 3. The number of ether oxygens (including phenoxy) is 12. The SMILES string of the molecule is COc1cc(C2(c3ccccc3)NC(c3ccccc3Cl)(N3C(c4ccccc4Cl)(c4ccccc4Cl)NC(c4ccccc4)(c4cc(OC)c(OC)c(OC)c4)C3(c3ccccc3)c3cc(OC)c(OC)c(OC)c3)NC2(c2ccccc2)c2cc(OC)c(OC)c(OC)c2)cc(OC)c1OC. The van der Waals surface area contributed by atoms with E-state index in [2.05, 4.69) is 53.4 Å². The Kier molecular flexibility index (Phi) is 19.9. The van der Waals surface area contributed by atoms with Crippen molar-refractivity contribution in [1.82, 2.24) is 20.9 Å². The molecule has 2 aliphatic rings. The minimum atomic E-state index is -2.16. The number of methoxy groups -OCH3 is 12. The second-order valence-electron chi connectivity index (χ2n) is 24.7. The van der Waals surface area contributed by atoms with E-state index in [4.69, 9.17) is 108 Å². The van der Waals surface area contributed by atoms with Crippen LogP contribution in [0.15, 0.2) is 243 Å². The van der Waals surface area contributed by atoms with Crippen molar-refractivity contribution in [2.24, 2.45) is 0 Å². The maximum atomic E-state index is 8.50. The summed E-state index contributed by atoms with van der Waals surface area (Å²) in [6.07, 6.45) is 0. The highest BCUT2D eigenvalue weighted by Crippen LogP contribution is 2.72. The molecule has 4 atom stereocenters. The van der Waals surface area contributed by atoms with Crippen LogP contribution in [-0.4, -0.2) is 90.2 Å². The van der Waals surface area contributed by atoms with Crippen molar-refractivity contribution in [3.05, 3.63) is 319 Å². The normalized spacial score (nSPS) is 20.5. The number of hydrogen-bond donors (Lipinski definition) is 3. The van der Waals surface area contributed by atoms with Crippen LogP contribution in [0.2, 0.25) is 15.1 Å². The van der Waals surface area contributed by atoms with E-state index >= 15 is 0 Å². The van der Waals surface area contributed by atoms with Gasteiger partial charge in [-0.25, -0.2) is 4.90 Å². The van der Waals surface area contributed by atoms with E-state index < -0.39 is 33.6 Å². The van der Waals surface area contributed by atoms with Crippen molar-refractivity contribution < 1.29 is 56.8 Å². The molecule has 0 aromatic heterocycles. The number of hydrogen-bond acceptors (Lipinski definition) is 16. The molecule has 528 valence electrons. The maximum absolute atomic E-state index is 8.50. The topological polar surface area (TPSA) is 150 Å². The summed E-state index contributed by atoms with van der Waals surface area (Å²) in [6, 6.07) is 80.2. The number of halogens is 3. The van der Waals surface area contributed by atoms with E-state index in [1.807, 2.05) is 194 Å². The van der Waals surface area contributed by atoms with E-state index in [0.29, 0.717) is 145 Å². The Hall–Kier alpha value is -10.3. The van der Waals surface area contributed by atoms with Gasteiger partial charge in [-0.1, -0.05) is 211 Å². The predicted molar refractivity (Wildman–Crippen MR) is 401 cm³/mol. The zero-order chi connectivity index (χ0) is 72.5. The van der Waals surface area contributed by atoms with Crippen molar-refractivity contribution >= 4 is 34.8 Å². The molecule has 16 nitrogen and oxygen atoms in total. The molecule has 11 aromatic rings. The lowest BCUT2D eigenvalue weighted by Crippen LogP contribution is -2.73. The fourth-order valence-electron chi connectivity index (χ4n) is 16.3. The molecule has 2 heterocycles. The van der Waals surface area contributed by atoms with Crippen molar-refractivity contribution in [3.63, 3.8) is 0 Å². The molecule has 103 heavy (non-hydrogen) atoms. The molecular formula is C84H79Cl3N4O12. The summed E-state index contributed by atoms with van der Waals surface area (Å²) in [5, 5.41) is 15.2. The summed E-state index contributed by atoms with van der Waals surface area (Å²) in [5.41, 5.74) is -2.86. The fraction of sp³-hybridized carbons (Fsp3) is 0.214. The van der Waals surface area contributed by atoms with Gasteiger partial charge in [0.1, 0.15) is 11.2 Å². The van der Waals surface area contributed by atoms with Crippen molar-refractivity contribution in [2.75, 3.05) is 85.3 Å². The second-order valence-corrected chi connectivity index (χ2v) is 25.9. The summed E-state index contributed by atoms with van der Waals surface area (Å²) in [7, 11) is 19.1. The van der Waals surface area contributed by atoms with E-state index in [1.54, 1.807) is 85.3 Å². The predicted octanol–water partition coefficient (Wildman–Crippen LogP) is 16.6. The quantitative estimate of drug-likeness (QED) is 0.0526. The molecule has 11 aromatic carbocycles. The molecule has 3 N–H and O–H groups in total. The van der Waals surface area contributed by atoms with Crippen molar-refractivity contribution in [2.45, 2.75) is 33.6 Å². The summed E-state index contributed by atoms with van der Waals surface area (Å²) >= 11 is 25.2. The third-order valence-electron chi connectivity index (χ3n) is 20.2. The monoisotopic (exact) mass is 1440 g/mol. The minimum Gasteiger partial charge on any atom is -0.493 e. The third kappa shape index (κ3) is 10.7. The Bertz CT molecular complexity index is 4630. The number of rotatable bonds is 24. The molecule has 0 amide bonds. The molecule has 0 spiro atoms. The van der Waals surface area contributed by atoms with E-state index in [0.717, 1.165) is 0 Å².